The van der Waals surface area contributed by atoms with E-state index in [1.54, 1.807) is 7.11 Å². The molecule has 4 fully saturated rings. The largest absolute Gasteiger partial charge is 0.462 e. The Kier molecular flexibility index (Phi) is 3.87. The van der Waals surface area contributed by atoms with Crippen LogP contribution in [-0.2, 0) is 34.0 Å². The summed E-state index contributed by atoms with van der Waals surface area (Å²) in [4.78, 5) is 27.0. The highest BCUT2D eigenvalue weighted by Crippen LogP contribution is 2.77. The smallest absolute Gasteiger partial charge is 0.303 e. The molecule has 1 aromatic rings. The number of piperidine rings is 2. The maximum absolute atomic E-state index is 12.7. The summed E-state index contributed by atoms with van der Waals surface area (Å²) in [6.45, 7) is 5.40. The molecule has 1 spiro atoms. The van der Waals surface area contributed by atoms with Crippen molar-refractivity contribution in [2.75, 3.05) is 25.6 Å². The molecule has 1 aromatic carbocycles. The zero-order valence-electron chi connectivity index (χ0n) is 18.8. The number of esters is 2. The summed E-state index contributed by atoms with van der Waals surface area (Å²) < 4.78 is 25.2. The number of hydrogen-bond donors (Lipinski definition) is 1. The summed E-state index contributed by atoms with van der Waals surface area (Å²) in [7, 11) is 1.73. The summed E-state index contributed by atoms with van der Waals surface area (Å²) in [5, 5.41) is 3.68. The third-order valence-corrected chi connectivity index (χ3v) is 8.54. The number of rotatable bonds is 4. The molecule has 32 heavy (non-hydrogen) atoms. The molecule has 4 heterocycles. The van der Waals surface area contributed by atoms with Gasteiger partial charge in [-0.15, -0.1) is 0 Å². The number of ether oxygens (including phenoxy) is 4. The normalized spacial score (nSPS) is 43.7. The first kappa shape index (κ1) is 20.2. The van der Waals surface area contributed by atoms with Gasteiger partial charge in [0.25, 0.3) is 0 Å². The number of para-hydroxylation sites is 1. The lowest BCUT2D eigenvalue weighted by atomic mass is 9.46. The molecule has 170 valence electrons. The van der Waals surface area contributed by atoms with E-state index < -0.39 is 34.4 Å². The van der Waals surface area contributed by atoms with Crippen LogP contribution in [0.2, 0.25) is 0 Å². The number of hydrogen-bond acceptors (Lipinski definition) is 8. The lowest BCUT2D eigenvalue weighted by Crippen LogP contribution is -2.85. The zero-order valence-corrected chi connectivity index (χ0v) is 18.8. The molecular formula is C24H28N2O6. The number of carbonyl (C=O) groups is 2. The highest BCUT2D eigenvalue weighted by Gasteiger charge is 2.92. The quantitative estimate of drug-likeness (QED) is 0.564. The van der Waals surface area contributed by atoms with E-state index in [0.29, 0.717) is 19.4 Å². The van der Waals surface area contributed by atoms with Gasteiger partial charge in [-0.05, 0) is 18.6 Å². The fraction of sp³-hybridized carbons (Fsp3) is 0.583. The van der Waals surface area contributed by atoms with E-state index in [1.165, 1.54) is 13.8 Å². The predicted molar refractivity (Wildman–Crippen MR) is 113 cm³/mol. The molecule has 1 N–H and O–H groups in total. The minimum Gasteiger partial charge on any atom is -0.462 e. The summed E-state index contributed by atoms with van der Waals surface area (Å²) in [6, 6.07) is 8.05. The second kappa shape index (κ2) is 6.12. The number of allylic oxidation sites excluding steroid dienone is 1. The number of nitrogens with zero attached hydrogens (tertiary/aromatic N) is 1. The average molecular weight is 440 g/mol. The van der Waals surface area contributed by atoms with Gasteiger partial charge >= 0.3 is 11.9 Å². The van der Waals surface area contributed by atoms with E-state index in [9.17, 15) is 9.59 Å². The van der Waals surface area contributed by atoms with E-state index in [0.717, 1.165) is 16.8 Å². The fourth-order valence-electron chi connectivity index (χ4n) is 7.65. The van der Waals surface area contributed by atoms with Crippen molar-refractivity contribution < 1.29 is 28.5 Å². The first-order valence-corrected chi connectivity index (χ1v) is 11.2. The molecule has 8 nitrogen and oxygen atoms in total. The molecule has 0 radical (unpaired) electrons. The van der Waals surface area contributed by atoms with Crippen LogP contribution in [0.4, 0.5) is 5.69 Å². The van der Waals surface area contributed by atoms with Crippen molar-refractivity contribution in [2.24, 2.45) is 5.92 Å². The molecular weight excluding hydrogens is 412 g/mol. The zero-order chi connectivity index (χ0) is 22.5. The van der Waals surface area contributed by atoms with Crippen LogP contribution in [0.3, 0.4) is 0 Å². The number of anilines is 1. The predicted octanol–water partition coefficient (Wildman–Crippen LogP) is 2.30. The van der Waals surface area contributed by atoms with Crippen molar-refractivity contribution in [3.05, 3.63) is 41.5 Å². The molecule has 0 unspecified atom stereocenters. The molecule has 4 aliphatic heterocycles. The topological polar surface area (TPSA) is 86.3 Å². The summed E-state index contributed by atoms with van der Waals surface area (Å²) in [5.74, 6) is -1.01. The Labute approximate surface area is 186 Å². The van der Waals surface area contributed by atoms with Gasteiger partial charge in [-0.3, -0.25) is 9.59 Å². The molecule has 0 aromatic heterocycles. The van der Waals surface area contributed by atoms with E-state index in [4.69, 9.17) is 18.9 Å². The Morgan fingerprint density at radius 2 is 2.03 bits per heavy atom. The molecule has 8 heteroatoms. The van der Waals surface area contributed by atoms with Gasteiger partial charge in [0.1, 0.15) is 12.8 Å². The van der Waals surface area contributed by atoms with Gasteiger partial charge in [0.05, 0.1) is 5.41 Å². The van der Waals surface area contributed by atoms with Crippen LogP contribution < -0.4 is 5.32 Å². The van der Waals surface area contributed by atoms with E-state index in [2.05, 4.69) is 22.4 Å². The van der Waals surface area contributed by atoms with Crippen molar-refractivity contribution in [1.82, 2.24) is 4.90 Å². The molecule has 1 saturated carbocycles. The van der Waals surface area contributed by atoms with E-state index >= 15 is 0 Å². The average Bonchev–Trinajstić information content (AvgIpc) is 3.36. The van der Waals surface area contributed by atoms with Crippen LogP contribution >= 0.6 is 0 Å². The third kappa shape index (κ3) is 1.89. The number of nitrogens with one attached hydrogen (secondary N) is 1. The van der Waals surface area contributed by atoms with Crippen LogP contribution in [0.25, 0.3) is 0 Å². The number of benzene rings is 1. The fourth-order valence-corrected chi connectivity index (χ4v) is 7.65. The van der Waals surface area contributed by atoms with Gasteiger partial charge in [0.15, 0.2) is 17.1 Å². The molecule has 5 aliphatic rings. The number of fused-ring (bicyclic) bond motifs is 4. The lowest BCUT2D eigenvalue weighted by Gasteiger charge is -2.68. The Hall–Kier alpha value is -2.42. The Bertz CT molecular complexity index is 1070. The summed E-state index contributed by atoms with van der Waals surface area (Å²) in [5.41, 5.74) is -0.585. The molecule has 6 rings (SSSR count). The SMILES string of the molecule is C/C=C1/CN2[C@@H]3C[C@@]45c6ccccc6N[C@]4(O3)[C@]2(OC)C[C@@H]1[C@@]5(COC(C)=O)OC(C)=O. The molecule has 1 aliphatic carbocycles. The van der Waals surface area contributed by atoms with Crippen LogP contribution in [0.1, 0.15) is 39.2 Å². The van der Waals surface area contributed by atoms with Gasteiger partial charge in [0, 0.05) is 51.9 Å². The van der Waals surface area contributed by atoms with Crippen LogP contribution in [-0.4, -0.2) is 60.4 Å². The minimum absolute atomic E-state index is 0.0441. The molecule has 3 saturated heterocycles. The van der Waals surface area contributed by atoms with Crippen molar-refractivity contribution in [2.45, 2.75) is 62.3 Å². The summed E-state index contributed by atoms with van der Waals surface area (Å²) >= 11 is 0. The Morgan fingerprint density at radius 1 is 1.25 bits per heavy atom. The third-order valence-electron chi connectivity index (χ3n) is 8.54. The monoisotopic (exact) mass is 440 g/mol. The Morgan fingerprint density at radius 3 is 2.72 bits per heavy atom. The van der Waals surface area contributed by atoms with Crippen LogP contribution in [0, 0.1) is 5.92 Å². The van der Waals surface area contributed by atoms with Gasteiger partial charge in [-0.25, -0.2) is 4.90 Å². The standard InChI is InChI=1S/C24H28N2O6/c1-5-16-12-26-20-11-21-17-8-6-7-9-19(17)25-24(21,32-20)23(26,29-4)10-18(16)22(21,31-15(3)28)13-30-14(2)27/h5-9,18,20,25H,10-13H2,1-4H3/b16-5-/t18-,20-,21-,22+,23+,24+/m0/s1. The van der Waals surface area contributed by atoms with Crippen LogP contribution in [0.5, 0.6) is 0 Å². The van der Waals surface area contributed by atoms with Crippen molar-refractivity contribution in [3.63, 3.8) is 0 Å². The number of methoxy groups -OCH3 is 1. The van der Waals surface area contributed by atoms with E-state index in [-0.39, 0.29) is 18.8 Å². The second-order valence-corrected chi connectivity index (χ2v) is 9.53. The van der Waals surface area contributed by atoms with Gasteiger partial charge < -0.3 is 24.3 Å². The Balaban J connectivity index is 1.71. The minimum atomic E-state index is -1.14. The number of carbonyl (C=O) groups excluding carboxylic acids is 2. The van der Waals surface area contributed by atoms with Crippen molar-refractivity contribution >= 4 is 17.6 Å². The molecule has 0 amide bonds. The van der Waals surface area contributed by atoms with Crippen molar-refractivity contribution in [1.29, 1.82) is 0 Å². The van der Waals surface area contributed by atoms with E-state index in [1.807, 2.05) is 25.1 Å². The summed E-state index contributed by atoms with van der Waals surface area (Å²) in [6.07, 6.45) is 3.02. The van der Waals surface area contributed by atoms with Crippen LogP contribution in [0.15, 0.2) is 35.9 Å². The molecule has 4 bridgehead atoms. The lowest BCUT2D eigenvalue weighted by molar-refractivity contribution is -0.300. The maximum atomic E-state index is 12.7. The van der Waals surface area contributed by atoms with Gasteiger partial charge in [0.2, 0.25) is 0 Å². The first-order chi connectivity index (χ1) is 15.3. The van der Waals surface area contributed by atoms with Gasteiger partial charge in [-0.2, -0.15) is 0 Å². The maximum Gasteiger partial charge on any atom is 0.303 e. The highest BCUT2D eigenvalue weighted by molar-refractivity contribution is 5.73. The first-order valence-electron chi connectivity index (χ1n) is 11.2. The molecule has 6 atom stereocenters. The van der Waals surface area contributed by atoms with Gasteiger partial charge in [-0.1, -0.05) is 29.8 Å². The highest BCUT2D eigenvalue weighted by atomic mass is 16.6. The second-order valence-electron chi connectivity index (χ2n) is 9.53. The van der Waals surface area contributed by atoms with Crippen molar-refractivity contribution in [3.8, 4) is 0 Å².